The SMILES string of the molecule is C=C(CC(=O)O)C(=O)OC(CC)C(=O)OC(C)c1ccccc1. The van der Waals surface area contributed by atoms with E-state index in [1.165, 1.54) is 0 Å². The average molecular weight is 320 g/mol. The Balaban J connectivity index is 2.63. The predicted octanol–water partition coefficient (Wildman–Crippen LogP) is 2.64. The van der Waals surface area contributed by atoms with Crippen LogP contribution >= 0.6 is 0 Å². The van der Waals surface area contributed by atoms with Crippen molar-refractivity contribution in [2.75, 3.05) is 0 Å². The van der Waals surface area contributed by atoms with Crippen LogP contribution in [0, 0.1) is 0 Å². The van der Waals surface area contributed by atoms with E-state index in [1.807, 2.05) is 30.3 Å². The van der Waals surface area contributed by atoms with Crippen molar-refractivity contribution in [3.05, 3.63) is 48.0 Å². The second kappa shape index (κ2) is 8.73. The highest BCUT2D eigenvalue weighted by Crippen LogP contribution is 2.18. The first-order valence-electron chi connectivity index (χ1n) is 7.21. The Bertz CT molecular complexity index is 578. The molecule has 0 aliphatic carbocycles. The molecule has 124 valence electrons. The first-order chi connectivity index (χ1) is 10.8. The Kier molecular flexibility index (Phi) is 6.99. The van der Waals surface area contributed by atoms with Gasteiger partial charge in [-0.1, -0.05) is 43.8 Å². The molecule has 0 heterocycles. The summed E-state index contributed by atoms with van der Waals surface area (Å²) in [6.07, 6.45) is -1.91. The van der Waals surface area contributed by atoms with Crippen LogP contribution < -0.4 is 0 Å². The summed E-state index contributed by atoms with van der Waals surface area (Å²) >= 11 is 0. The first-order valence-corrected chi connectivity index (χ1v) is 7.21. The molecule has 0 saturated carbocycles. The number of hydrogen-bond donors (Lipinski definition) is 1. The Morgan fingerprint density at radius 2 is 1.78 bits per heavy atom. The van der Waals surface area contributed by atoms with Crippen LogP contribution in [0.5, 0.6) is 0 Å². The van der Waals surface area contributed by atoms with Crippen molar-refractivity contribution < 1.29 is 29.0 Å². The first kappa shape index (κ1) is 18.4. The summed E-state index contributed by atoms with van der Waals surface area (Å²) in [5.41, 5.74) is 0.595. The number of carboxylic acid groups (broad SMARTS) is 1. The van der Waals surface area contributed by atoms with Crippen molar-refractivity contribution >= 4 is 17.9 Å². The molecular formula is C17H20O6. The molecule has 0 radical (unpaired) electrons. The van der Waals surface area contributed by atoms with Crippen LogP contribution in [0.25, 0.3) is 0 Å². The summed E-state index contributed by atoms with van der Waals surface area (Å²) in [6, 6.07) is 9.14. The van der Waals surface area contributed by atoms with Gasteiger partial charge in [0.1, 0.15) is 6.10 Å². The summed E-state index contributed by atoms with van der Waals surface area (Å²) in [5.74, 6) is -2.79. The predicted molar refractivity (Wildman–Crippen MR) is 82.5 cm³/mol. The van der Waals surface area contributed by atoms with E-state index in [1.54, 1.807) is 13.8 Å². The normalized spacial score (nSPS) is 12.8. The van der Waals surface area contributed by atoms with Crippen molar-refractivity contribution in [3.8, 4) is 0 Å². The zero-order valence-corrected chi connectivity index (χ0v) is 13.2. The number of carbonyl (C=O) groups is 3. The van der Waals surface area contributed by atoms with Gasteiger partial charge in [0.25, 0.3) is 0 Å². The quantitative estimate of drug-likeness (QED) is 0.585. The lowest BCUT2D eigenvalue weighted by molar-refractivity contribution is -0.169. The fourth-order valence-corrected chi connectivity index (χ4v) is 1.81. The summed E-state index contributed by atoms with van der Waals surface area (Å²) < 4.78 is 10.3. The molecule has 0 aliphatic heterocycles. The molecule has 0 saturated heterocycles. The van der Waals surface area contributed by atoms with E-state index >= 15 is 0 Å². The van der Waals surface area contributed by atoms with Gasteiger partial charge < -0.3 is 14.6 Å². The molecule has 23 heavy (non-hydrogen) atoms. The molecule has 1 rings (SSSR count). The van der Waals surface area contributed by atoms with E-state index in [4.69, 9.17) is 14.6 Å². The van der Waals surface area contributed by atoms with Crippen LogP contribution in [0.2, 0.25) is 0 Å². The highest BCUT2D eigenvalue weighted by Gasteiger charge is 2.26. The maximum atomic E-state index is 12.1. The molecule has 0 amide bonds. The topological polar surface area (TPSA) is 89.9 Å². The standard InChI is InChI=1S/C17H20O6/c1-4-14(23-16(20)11(2)10-15(18)19)17(21)22-12(3)13-8-6-5-7-9-13/h5-9,12,14H,2,4,10H2,1,3H3,(H,18,19). The molecule has 2 unspecified atom stereocenters. The van der Waals surface area contributed by atoms with Crippen LogP contribution in [0.1, 0.15) is 38.4 Å². The summed E-state index contributed by atoms with van der Waals surface area (Å²) in [6.45, 7) is 6.71. The van der Waals surface area contributed by atoms with Crippen molar-refractivity contribution in [2.24, 2.45) is 0 Å². The van der Waals surface area contributed by atoms with Crippen molar-refractivity contribution in [2.45, 2.75) is 38.9 Å². The summed E-state index contributed by atoms with van der Waals surface area (Å²) in [4.78, 5) is 34.4. The molecule has 6 nitrogen and oxygen atoms in total. The largest absolute Gasteiger partial charge is 0.481 e. The van der Waals surface area contributed by atoms with Gasteiger partial charge in [-0.3, -0.25) is 4.79 Å². The number of ether oxygens (including phenoxy) is 2. The zero-order valence-electron chi connectivity index (χ0n) is 13.2. The van der Waals surface area contributed by atoms with E-state index < -0.39 is 36.5 Å². The van der Waals surface area contributed by atoms with Crippen LogP contribution in [0.4, 0.5) is 0 Å². The van der Waals surface area contributed by atoms with Gasteiger partial charge in [0, 0.05) is 5.57 Å². The maximum absolute atomic E-state index is 12.1. The molecule has 0 aromatic heterocycles. The van der Waals surface area contributed by atoms with E-state index in [2.05, 4.69) is 6.58 Å². The van der Waals surface area contributed by atoms with Gasteiger partial charge in [-0.05, 0) is 18.9 Å². The van der Waals surface area contributed by atoms with Gasteiger partial charge in [-0.25, -0.2) is 9.59 Å². The fraction of sp³-hybridized carbons (Fsp3) is 0.353. The Labute approximate surface area is 134 Å². The monoisotopic (exact) mass is 320 g/mol. The van der Waals surface area contributed by atoms with Gasteiger partial charge in [-0.2, -0.15) is 0 Å². The van der Waals surface area contributed by atoms with Crippen molar-refractivity contribution in [3.63, 3.8) is 0 Å². The number of esters is 2. The number of benzene rings is 1. The lowest BCUT2D eigenvalue weighted by Gasteiger charge is -2.19. The molecule has 0 aliphatic rings. The van der Waals surface area contributed by atoms with Gasteiger partial charge in [-0.15, -0.1) is 0 Å². The van der Waals surface area contributed by atoms with Crippen LogP contribution in [-0.2, 0) is 23.9 Å². The van der Waals surface area contributed by atoms with Crippen molar-refractivity contribution in [1.82, 2.24) is 0 Å². The number of hydrogen-bond acceptors (Lipinski definition) is 5. The zero-order chi connectivity index (χ0) is 17.4. The van der Waals surface area contributed by atoms with Crippen LogP contribution in [0.3, 0.4) is 0 Å². The minimum Gasteiger partial charge on any atom is -0.481 e. The van der Waals surface area contributed by atoms with Gasteiger partial charge in [0.05, 0.1) is 6.42 Å². The van der Waals surface area contributed by atoms with Crippen molar-refractivity contribution in [1.29, 1.82) is 0 Å². The molecule has 2 atom stereocenters. The average Bonchev–Trinajstić information content (AvgIpc) is 2.52. The Hall–Kier alpha value is -2.63. The van der Waals surface area contributed by atoms with Gasteiger partial charge in [0.2, 0.25) is 0 Å². The maximum Gasteiger partial charge on any atom is 0.348 e. The lowest BCUT2D eigenvalue weighted by Crippen LogP contribution is -2.30. The third-order valence-corrected chi connectivity index (χ3v) is 3.10. The molecular weight excluding hydrogens is 300 g/mol. The minimum absolute atomic E-state index is 0.215. The molecule has 0 bridgehead atoms. The highest BCUT2D eigenvalue weighted by molar-refractivity contribution is 5.94. The molecule has 1 N–H and O–H groups in total. The van der Waals surface area contributed by atoms with E-state index in [0.717, 1.165) is 5.56 Å². The lowest BCUT2D eigenvalue weighted by atomic mass is 10.1. The fourth-order valence-electron chi connectivity index (χ4n) is 1.81. The van der Waals surface area contributed by atoms with E-state index in [9.17, 15) is 14.4 Å². The molecule has 6 heteroatoms. The summed E-state index contributed by atoms with van der Waals surface area (Å²) in [5, 5.41) is 8.62. The molecule has 1 aromatic rings. The third-order valence-electron chi connectivity index (χ3n) is 3.10. The van der Waals surface area contributed by atoms with E-state index in [0.29, 0.717) is 0 Å². The van der Waals surface area contributed by atoms with Gasteiger partial charge in [0.15, 0.2) is 6.10 Å². The number of aliphatic carboxylic acids is 1. The number of carbonyl (C=O) groups excluding carboxylic acids is 2. The number of carboxylic acids is 1. The molecule has 0 spiro atoms. The summed E-state index contributed by atoms with van der Waals surface area (Å²) in [7, 11) is 0. The van der Waals surface area contributed by atoms with Gasteiger partial charge >= 0.3 is 17.9 Å². The minimum atomic E-state index is -1.19. The second-order valence-electron chi connectivity index (χ2n) is 4.97. The molecule has 0 fully saturated rings. The Morgan fingerprint density at radius 1 is 1.17 bits per heavy atom. The second-order valence-corrected chi connectivity index (χ2v) is 4.97. The van der Waals surface area contributed by atoms with Crippen LogP contribution in [-0.4, -0.2) is 29.1 Å². The Morgan fingerprint density at radius 3 is 2.30 bits per heavy atom. The van der Waals surface area contributed by atoms with E-state index in [-0.39, 0.29) is 12.0 Å². The smallest absolute Gasteiger partial charge is 0.348 e. The highest BCUT2D eigenvalue weighted by atomic mass is 16.6. The number of rotatable bonds is 8. The third kappa shape index (κ3) is 5.94. The molecule has 1 aromatic carbocycles. The van der Waals surface area contributed by atoms with Crippen LogP contribution in [0.15, 0.2) is 42.5 Å².